The molecule has 1 N–H and O–H groups in total. The van der Waals surface area contributed by atoms with Gasteiger partial charge in [0.25, 0.3) is 0 Å². The van der Waals surface area contributed by atoms with Gasteiger partial charge < -0.3 is 10.2 Å². The number of benzene rings is 1. The van der Waals surface area contributed by atoms with Crippen LogP contribution in [0.1, 0.15) is 50.5 Å². The third-order valence-electron chi connectivity index (χ3n) is 5.18. The van der Waals surface area contributed by atoms with Crippen molar-refractivity contribution >= 4 is 0 Å². The molecule has 3 rings (SSSR count). The molecule has 2 aliphatic rings. The van der Waals surface area contributed by atoms with Crippen molar-refractivity contribution in [2.45, 2.75) is 51.0 Å². The maximum Gasteiger partial charge on any atom is 0.00788 e. The van der Waals surface area contributed by atoms with Gasteiger partial charge in [-0.3, -0.25) is 0 Å². The summed E-state index contributed by atoms with van der Waals surface area (Å²) in [4.78, 5) is 2.66. The predicted molar refractivity (Wildman–Crippen MR) is 89.7 cm³/mol. The van der Waals surface area contributed by atoms with Crippen LogP contribution in [0, 0.1) is 5.92 Å². The van der Waals surface area contributed by atoms with Crippen LogP contribution < -0.4 is 5.32 Å². The smallest absolute Gasteiger partial charge is 0.00788 e. The van der Waals surface area contributed by atoms with Crippen LogP contribution in [-0.2, 0) is 0 Å². The zero-order valence-corrected chi connectivity index (χ0v) is 13.4. The summed E-state index contributed by atoms with van der Waals surface area (Å²) in [6, 6.07) is 11.7. The van der Waals surface area contributed by atoms with Crippen LogP contribution in [0.5, 0.6) is 0 Å². The molecule has 2 nitrogen and oxygen atoms in total. The van der Waals surface area contributed by atoms with Gasteiger partial charge in [-0.1, -0.05) is 43.7 Å². The van der Waals surface area contributed by atoms with Crippen LogP contribution in [0.3, 0.4) is 0 Å². The molecule has 1 atom stereocenters. The van der Waals surface area contributed by atoms with Crippen LogP contribution in [0.15, 0.2) is 30.3 Å². The number of hydrogen-bond acceptors (Lipinski definition) is 2. The molecule has 1 unspecified atom stereocenters. The molecule has 1 aliphatic carbocycles. The second kappa shape index (κ2) is 7.42. The fourth-order valence-corrected chi connectivity index (χ4v) is 3.80. The summed E-state index contributed by atoms with van der Waals surface area (Å²) in [5, 5.41) is 3.78. The molecule has 0 radical (unpaired) electrons. The molecule has 0 bridgehead atoms. The van der Waals surface area contributed by atoms with Crippen molar-refractivity contribution in [3.8, 4) is 0 Å². The first-order chi connectivity index (χ1) is 10.3. The van der Waals surface area contributed by atoms with Crippen LogP contribution in [0.25, 0.3) is 0 Å². The van der Waals surface area contributed by atoms with Gasteiger partial charge in [-0.25, -0.2) is 0 Å². The lowest BCUT2D eigenvalue weighted by Crippen LogP contribution is -2.44. The molecule has 1 aliphatic heterocycles. The van der Waals surface area contributed by atoms with Gasteiger partial charge in [-0.15, -0.1) is 0 Å². The highest BCUT2D eigenvalue weighted by Crippen LogP contribution is 2.36. The molecular weight excluding hydrogens is 256 g/mol. The number of hydrogen-bond donors (Lipinski definition) is 1. The number of likely N-dealkylation sites (tertiary alicyclic amines) is 1. The number of nitrogens with one attached hydrogen (secondary N) is 1. The minimum absolute atomic E-state index is 0.749. The summed E-state index contributed by atoms with van der Waals surface area (Å²) in [5.41, 5.74) is 1.52. The highest BCUT2D eigenvalue weighted by atomic mass is 15.1. The lowest BCUT2D eigenvalue weighted by molar-refractivity contribution is 0.191. The van der Waals surface area contributed by atoms with Gasteiger partial charge in [0.1, 0.15) is 0 Å². The predicted octanol–water partition coefficient (Wildman–Crippen LogP) is 3.64. The van der Waals surface area contributed by atoms with E-state index in [1.807, 2.05) is 0 Å². The Morgan fingerprint density at radius 2 is 1.81 bits per heavy atom. The first-order valence-electron chi connectivity index (χ1n) is 8.82. The van der Waals surface area contributed by atoms with E-state index in [-0.39, 0.29) is 0 Å². The lowest BCUT2D eigenvalue weighted by Gasteiger charge is -2.37. The lowest BCUT2D eigenvalue weighted by atomic mass is 9.76. The second-order valence-electron chi connectivity index (χ2n) is 7.15. The zero-order valence-electron chi connectivity index (χ0n) is 13.4. The van der Waals surface area contributed by atoms with E-state index >= 15 is 0 Å². The molecule has 1 heterocycles. The van der Waals surface area contributed by atoms with Crippen molar-refractivity contribution in [3.05, 3.63) is 35.9 Å². The van der Waals surface area contributed by atoms with Crippen molar-refractivity contribution in [1.82, 2.24) is 10.2 Å². The van der Waals surface area contributed by atoms with Crippen molar-refractivity contribution in [2.24, 2.45) is 5.92 Å². The van der Waals surface area contributed by atoms with Crippen LogP contribution >= 0.6 is 0 Å². The Labute approximate surface area is 129 Å². The molecule has 1 aromatic carbocycles. The molecule has 0 amide bonds. The van der Waals surface area contributed by atoms with E-state index < -0.39 is 0 Å². The van der Waals surface area contributed by atoms with Gasteiger partial charge in [0, 0.05) is 12.6 Å². The second-order valence-corrected chi connectivity index (χ2v) is 7.15. The minimum atomic E-state index is 0.749. The Kier molecular flexibility index (Phi) is 5.32. The zero-order chi connectivity index (χ0) is 14.5. The molecule has 1 saturated heterocycles. The van der Waals surface area contributed by atoms with E-state index in [4.69, 9.17) is 0 Å². The van der Waals surface area contributed by atoms with E-state index in [0.29, 0.717) is 0 Å². The topological polar surface area (TPSA) is 15.3 Å². The van der Waals surface area contributed by atoms with Gasteiger partial charge in [0.2, 0.25) is 0 Å². The fraction of sp³-hybridized carbons (Fsp3) is 0.684. The SMILES string of the molecule is CC(CNC1CC(c2ccccc2)C1)CN1CCCCC1. The van der Waals surface area contributed by atoms with Gasteiger partial charge in [0.15, 0.2) is 0 Å². The Balaban J connectivity index is 1.32. The van der Waals surface area contributed by atoms with E-state index in [1.54, 1.807) is 0 Å². The van der Waals surface area contributed by atoms with Crippen LogP contribution in [-0.4, -0.2) is 37.1 Å². The van der Waals surface area contributed by atoms with Gasteiger partial charge in [-0.05, 0) is 62.7 Å². The Morgan fingerprint density at radius 3 is 2.52 bits per heavy atom. The minimum Gasteiger partial charge on any atom is -0.314 e. The Hall–Kier alpha value is -0.860. The van der Waals surface area contributed by atoms with E-state index in [9.17, 15) is 0 Å². The number of nitrogens with zero attached hydrogens (tertiary/aromatic N) is 1. The average Bonchev–Trinajstić information content (AvgIpc) is 2.48. The molecule has 2 heteroatoms. The highest BCUT2D eigenvalue weighted by Gasteiger charge is 2.29. The van der Waals surface area contributed by atoms with Crippen molar-refractivity contribution in [2.75, 3.05) is 26.2 Å². The first kappa shape index (κ1) is 15.1. The van der Waals surface area contributed by atoms with E-state index in [1.165, 1.54) is 63.8 Å². The van der Waals surface area contributed by atoms with Crippen molar-refractivity contribution in [3.63, 3.8) is 0 Å². The number of piperidine rings is 1. The summed E-state index contributed by atoms with van der Waals surface area (Å²) >= 11 is 0. The number of rotatable bonds is 6. The maximum atomic E-state index is 3.78. The molecule has 0 spiro atoms. The van der Waals surface area contributed by atoms with E-state index in [0.717, 1.165) is 17.9 Å². The van der Waals surface area contributed by atoms with Gasteiger partial charge in [0.05, 0.1) is 0 Å². The fourth-order valence-electron chi connectivity index (χ4n) is 3.80. The Morgan fingerprint density at radius 1 is 1.10 bits per heavy atom. The Bertz CT molecular complexity index is 405. The monoisotopic (exact) mass is 286 g/mol. The largest absolute Gasteiger partial charge is 0.314 e. The normalized spacial score (nSPS) is 28.0. The highest BCUT2D eigenvalue weighted by molar-refractivity contribution is 5.22. The van der Waals surface area contributed by atoms with Gasteiger partial charge >= 0.3 is 0 Å². The summed E-state index contributed by atoms with van der Waals surface area (Å²) in [7, 11) is 0. The molecule has 0 aromatic heterocycles. The summed E-state index contributed by atoms with van der Waals surface area (Å²) in [6.07, 6.45) is 6.88. The van der Waals surface area contributed by atoms with Gasteiger partial charge in [-0.2, -0.15) is 0 Å². The summed E-state index contributed by atoms with van der Waals surface area (Å²) in [5.74, 6) is 1.57. The summed E-state index contributed by atoms with van der Waals surface area (Å²) in [6.45, 7) is 7.51. The van der Waals surface area contributed by atoms with Crippen LogP contribution in [0.2, 0.25) is 0 Å². The first-order valence-corrected chi connectivity index (χ1v) is 8.82. The average molecular weight is 286 g/mol. The standard InChI is InChI=1S/C19H30N2/c1-16(15-21-10-6-3-7-11-21)14-20-19-12-18(13-19)17-8-4-2-5-9-17/h2,4-5,8-9,16,18-20H,3,6-7,10-15H2,1H3. The summed E-state index contributed by atoms with van der Waals surface area (Å²) < 4.78 is 0. The van der Waals surface area contributed by atoms with Crippen molar-refractivity contribution in [1.29, 1.82) is 0 Å². The third-order valence-corrected chi connectivity index (χ3v) is 5.18. The molecule has 2 fully saturated rings. The molecule has 116 valence electrons. The van der Waals surface area contributed by atoms with E-state index in [2.05, 4.69) is 47.5 Å². The molecule has 1 aromatic rings. The third kappa shape index (κ3) is 4.31. The van der Waals surface area contributed by atoms with Crippen LogP contribution in [0.4, 0.5) is 0 Å². The molecule has 1 saturated carbocycles. The maximum absolute atomic E-state index is 3.78. The quantitative estimate of drug-likeness (QED) is 0.859. The molecule has 21 heavy (non-hydrogen) atoms. The van der Waals surface area contributed by atoms with Crippen molar-refractivity contribution < 1.29 is 0 Å². The molecular formula is C19H30N2.